The number of anilines is 1. The highest BCUT2D eigenvalue weighted by atomic mass is 16.2. The Hall–Kier alpha value is -1.51. The first-order valence-electron chi connectivity index (χ1n) is 8.41. The molecule has 3 heteroatoms. The lowest BCUT2D eigenvalue weighted by atomic mass is 9.83. The lowest BCUT2D eigenvalue weighted by Crippen LogP contribution is -2.45. The number of rotatable bonds is 4. The van der Waals surface area contributed by atoms with E-state index in [1.165, 1.54) is 31.2 Å². The van der Waals surface area contributed by atoms with Gasteiger partial charge in [0.25, 0.3) is 0 Å². The van der Waals surface area contributed by atoms with Crippen molar-refractivity contribution in [3.8, 4) is 0 Å². The first kappa shape index (κ1) is 14.4. The molecule has 1 amide bonds. The maximum absolute atomic E-state index is 12.4. The van der Waals surface area contributed by atoms with Crippen molar-refractivity contribution in [1.82, 2.24) is 5.32 Å². The predicted molar refractivity (Wildman–Crippen MR) is 86.4 cm³/mol. The highest BCUT2D eigenvalue weighted by Gasteiger charge is 2.29. The Balaban J connectivity index is 1.48. The molecule has 1 fully saturated rings. The third-order valence-electron chi connectivity index (χ3n) is 4.98. The molecule has 3 rings (SSSR count). The summed E-state index contributed by atoms with van der Waals surface area (Å²) in [5, 5.41) is 6.60. The number of carbonyl (C=O) groups is 1. The molecule has 0 aromatic heterocycles. The number of para-hydroxylation sites is 1. The summed E-state index contributed by atoms with van der Waals surface area (Å²) in [6, 6.07) is 8.51. The van der Waals surface area contributed by atoms with Gasteiger partial charge >= 0.3 is 0 Å². The number of fused-ring (bicyclic) bond motifs is 1. The molecule has 1 aliphatic heterocycles. The monoisotopic (exact) mass is 286 g/mol. The molecule has 21 heavy (non-hydrogen) atoms. The van der Waals surface area contributed by atoms with Crippen LogP contribution in [0.4, 0.5) is 5.69 Å². The van der Waals surface area contributed by atoms with E-state index in [0.717, 1.165) is 30.9 Å². The molecule has 1 unspecified atom stereocenters. The van der Waals surface area contributed by atoms with E-state index in [9.17, 15) is 4.79 Å². The summed E-state index contributed by atoms with van der Waals surface area (Å²) in [5.41, 5.74) is 2.37. The number of carbonyl (C=O) groups excluding carboxylic acids is 1. The fourth-order valence-corrected chi connectivity index (χ4v) is 3.76. The maximum atomic E-state index is 12.4. The van der Waals surface area contributed by atoms with Crippen molar-refractivity contribution in [2.24, 2.45) is 5.92 Å². The number of nitrogens with one attached hydrogen (secondary N) is 2. The molecule has 0 bridgehead atoms. The molecule has 1 saturated carbocycles. The molecule has 1 aliphatic carbocycles. The van der Waals surface area contributed by atoms with Crippen LogP contribution in [-0.2, 0) is 11.2 Å². The van der Waals surface area contributed by atoms with Crippen LogP contribution in [0, 0.1) is 5.92 Å². The van der Waals surface area contributed by atoms with E-state index in [1.807, 2.05) is 12.1 Å². The van der Waals surface area contributed by atoms with Crippen LogP contribution in [-0.4, -0.2) is 18.0 Å². The van der Waals surface area contributed by atoms with E-state index in [1.54, 1.807) is 0 Å². The number of hydrogen-bond donors (Lipinski definition) is 2. The van der Waals surface area contributed by atoms with E-state index >= 15 is 0 Å². The third kappa shape index (κ3) is 3.39. The molecule has 3 nitrogen and oxygen atoms in total. The summed E-state index contributed by atoms with van der Waals surface area (Å²) in [5.74, 6) is 1.06. The summed E-state index contributed by atoms with van der Waals surface area (Å²) in [7, 11) is 0. The van der Waals surface area contributed by atoms with E-state index in [-0.39, 0.29) is 11.9 Å². The zero-order chi connectivity index (χ0) is 14.7. The summed E-state index contributed by atoms with van der Waals surface area (Å²) in [6.45, 7) is 2.26. The largest absolute Gasteiger partial charge is 0.373 e. The second kappa shape index (κ2) is 6.50. The van der Waals surface area contributed by atoms with Crippen molar-refractivity contribution in [3.63, 3.8) is 0 Å². The Morgan fingerprint density at radius 2 is 2.00 bits per heavy atom. The summed E-state index contributed by atoms with van der Waals surface area (Å²) < 4.78 is 0. The smallest absolute Gasteiger partial charge is 0.243 e. The van der Waals surface area contributed by atoms with Crippen molar-refractivity contribution < 1.29 is 4.79 Å². The summed E-state index contributed by atoms with van der Waals surface area (Å²) in [6.07, 6.45) is 8.29. The number of benzene rings is 1. The molecule has 0 radical (unpaired) electrons. The van der Waals surface area contributed by atoms with E-state index in [2.05, 4.69) is 29.7 Å². The van der Waals surface area contributed by atoms with E-state index < -0.39 is 0 Å². The first-order chi connectivity index (χ1) is 10.3. The van der Waals surface area contributed by atoms with Gasteiger partial charge in [0.05, 0.1) is 0 Å². The summed E-state index contributed by atoms with van der Waals surface area (Å²) >= 11 is 0. The second-order valence-electron chi connectivity index (χ2n) is 6.57. The van der Waals surface area contributed by atoms with Gasteiger partial charge in [-0.2, -0.15) is 0 Å². The zero-order valence-electron chi connectivity index (χ0n) is 12.9. The summed E-state index contributed by atoms with van der Waals surface area (Å²) in [4.78, 5) is 12.4. The number of hydrogen-bond acceptors (Lipinski definition) is 2. The van der Waals surface area contributed by atoms with Crippen LogP contribution in [0.3, 0.4) is 0 Å². The Labute approximate surface area is 127 Å². The quantitative estimate of drug-likeness (QED) is 0.889. The fraction of sp³-hybridized carbons (Fsp3) is 0.611. The second-order valence-corrected chi connectivity index (χ2v) is 6.57. The van der Waals surface area contributed by atoms with Crippen molar-refractivity contribution in [2.75, 3.05) is 5.32 Å². The minimum Gasteiger partial charge on any atom is -0.373 e. The van der Waals surface area contributed by atoms with Crippen LogP contribution in [0.15, 0.2) is 24.3 Å². The average molecular weight is 286 g/mol. The Bertz CT molecular complexity index is 467. The molecule has 1 aromatic rings. The molecule has 114 valence electrons. The highest BCUT2D eigenvalue weighted by molar-refractivity contribution is 5.87. The topological polar surface area (TPSA) is 41.1 Å². The van der Waals surface area contributed by atoms with Crippen LogP contribution < -0.4 is 10.6 Å². The molecule has 2 aliphatic rings. The van der Waals surface area contributed by atoms with E-state index in [0.29, 0.717) is 6.04 Å². The minimum atomic E-state index is -0.0873. The van der Waals surface area contributed by atoms with Gasteiger partial charge in [0.15, 0.2) is 0 Å². The average Bonchev–Trinajstić information content (AvgIpc) is 2.94. The molecule has 1 heterocycles. The predicted octanol–water partition coefficient (Wildman–Crippen LogP) is 3.50. The van der Waals surface area contributed by atoms with Gasteiger partial charge in [0.1, 0.15) is 6.04 Å². The van der Waals surface area contributed by atoms with Crippen LogP contribution >= 0.6 is 0 Å². The van der Waals surface area contributed by atoms with Crippen molar-refractivity contribution in [2.45, 2.75) is 64.0 Å². The van der Waals surface area contributed by atoms with Gasteiger partial charge in [-0.3, -0.25) is 4.79 Å². The standard InChI is InChI=1S/C18H26N2O/c1-2-5-13-8-10-15(11-9-13)19-18(21)17-12-14-6-3-4-7-16(14)20-17/h3-4,6-7,13,15,17,20H,2,5,8-12H2,1H3,(H,19,21). The van der Waals surface area contributed by atoms with Crippen LogP contribution in [0.25, 0.3) is 0 Å². The van der Waals surface area contributed by atoms with Gasteiger partial charge in [-0.05, 0) is 43.2 Å². The molecule has 1 aromatic carbocycles. The molecule has 1 atom stereocenters. The molecule has 0 saturated heterocycles. The van der Waals surface area contributed by atoms with Gasteiger partial charge in [0, 0.05) is 18.2 Å². The Kier molecular flexibility index (Phi) is 4.47. The Morgan fingerprint density at radius 1 is 1.24 bits per heavy atom. The van der Waals surface area contributed by atoms with Crippen LogP contribution in [0.5, 0.6) is 0 Å². The molecular formula is C18H26N2O. The van der Waals surface area contributed by atoms with Crippen LogP contribution in [0.2, 0.25) is 0 Å². The molecular weight excluding hydrogens is 260 g/mol. The van der Waals surface area contributed by atoms with Gasteiger partial charge in [0.2, 0.25) is 5.91 Å². The zero-order valence-corrected chi connectivity index (χ0v) is 12.9. The lowest BCUT2D eigenvalue weighted by Gasteiger charge is -2.29. The van der Waals surface area contributed by atoms with Crippen LogP contribution in [0.1, 0.15) is 51.0 Å². The Morgan fingerprint density at radius 3 is 2.71 bits per heavy atom. The van der Waals surface area contributed by atoms with Crippen molar-refractivity contribution >= 4 is 11.6 Å². The third-order valence-corrected chi connectivity index (χ3v) is 4.98. The van der Waals surface area contributed by atoms with Gasteiger partial charge in [-0.15, -0.1) is 0 Å². The van der Waals surface area contributed by atoms with Gasteiger partial charge in [-0.1, -0.05) is 38.0 Å². The number of amides is 1. The molecule has 0 spiro atoms. The normalized spacial score (nSPS) is 27.8. The first-order valence-corrected chi connectivity index (χ1v) is 8.41. The van der Waals surface area contributed by atoms with Crippen molar-refractivity contribution in [3.05, 3.63) is 29.8 Å². The molecule has 2 N–H and O–H groups in total. The lowest BCUT2D eigenvalue weighted by molar-refractivity contribution is -0.122. The fourth-order valence-electron chi connectivity index (χ4n) is 3.76. The minimum absolute atomic E-state index is 0.0873. The SMILES string of the molecule is CCCC1CCC(NC(=O)C2Cc3ccccc3N2)CC1. The maximum Gasteiger partial charge on any atom is 0.243 e. The van der Waals surface area contributed by atoms with Gasteiger partial charge < -0.3 is 10.6 Å². The van der Waals surface area contributed by atoms with E-state index in [4.69, 9.17) is 0 Å². The van der Waals surface area contributed by atoms with Gasteiger partial charge in [-0.25, -0.2) is 0 Å². The highest BCUT2D eigenvalue weighted by Crippen LogP contribution is 2.29. The van der Waals surface area contributed by atoms with Crippen molar-refractivity contribution in [1.29, 1.82) is 0 Å².